The monoisotopic (exact) mass is 316 g/mol. The second kappa shape index (κ2) is 4.96. The predicted octanol–water partition coefficient (Wildman–Crippen LogP) is 3.18. The molecule has 1 amide bonds. The van der Waals surface area contributed by atoms with E-state index in [0.29, 0.717) is 5.02 Å². The summed E-state index contributed by atoms with van der Waals surface area (Å²) in [6, 6.07) is 5.35. The highest BCUT2D eigenvalue weighted by Crippen LogP contribution is 2.27. The SMILES string of the molecule is CC1(C(=O)Nc2ccc(Cl)c(Br)c2)CCCN1. The number of anilines is 1. The number of amides is 1. The molecule has 0 spiro atoms. The van der Waals surface area contributed by atoms with Crippen molar-refractivity contribution in [1.29, 1.82) is 0 Å². The first-order valence-electron chi connectivity index (χ1n) is 5.53. The van der Waals surface area contributed by atoms with Crippen molar-refractivity contribution in [3.8, 4) is 0 Å². The molecule has 3 nitrogen and oxygen atoms in total. The lowest BCUT2D eigenvalue weighted by molar-refractivity contribution is -0.121. The van der Waals surface area contributed by atoms with Gasteiger partial charge in [-0.2, -0.15) is 0 Å². The molecule has 1 atom stereocenters. The highest BCUT2D eigenvalue weighted by Gasteiger charge is 2.35. The largest absolute Gasteiger partial charge is 0.324 e. The van der Waals surface area contributed by atoms with Crippen molar-refractivity contribution in [2.24, 2.45) is 0 Å². The van der Waals surface area contributed by atoms with Crippen molar-refractivity contribution in [3.05, 3.63) is 27.7 Å². The van der Waals surface area contributed by atoms with Gasteiger partial charge in [0.2, 0.25) is 5.91 Å². The van der Waals surface area contributed by atoms with Crippen molar-refractivity contribution < 1.29 is 4.79 Å². The van der Waals surface area contributed by atoms with Crippen LogP contribution in [0.1, 0.15) is 19.8 Å². The molecular weight excluding hydrogens is 304 g/mol. The molecule has 1 aromatic carbocycles. The van der Waals surface area contributed by atoms with Gasteiger partial charge in [-0.05, 0) is 60.4 Å². The van der Waals surface area contributed by atoms with Crippen LogP contribution in [0.4, 0.5) is 5.69 Å². The Hall–Kier alpha value is -0.580. The van der Waals surface area contributed by atoms with E-state index in [-0.39, 0.29) is 5.91 Å². The van der Waals surface area contributed by atoms with Gasteiger partial charge in [0.1, 0.15) is 0 Å². The van der Waals surface area contributed by atoms with Gasteiger partial charge in [-0.25, -0.2) is 0 Å². The molecule has 0 aliphatic carbocycles. The topological polar surface area (TPSA) is 41.1 Å². The third kappa shape index (κ3) is 2.81. The Morgan fingerprint density at radius 1 is 1.59 bits per heavy atom. The number of hydrogen-bond acceptors (Lipinski definition) is 2. The number of rotatable bonds is 2. The molecule has 17 heavy (non-hydrogen) atoms. The summed E-state index contributed by atoms with van der Waals surface area (Å²) in [6.45, 7) is 2.83. The fourth-order valence-corrected chi connectivity index (χ4v) is 2.43. The molecule has 1 fully saturated rings. The van der Waals surface area contributed by atoms with Crippen molar-refractivity contribution >= 4 is 39.1 Å². The lowest BCUT2D eigenvalue weighted by Crippen LogP contribution is -2.47. The summed E-state index contributed by atoms with van der Waals surface area (Å²) in [5.74, 6) is 0.00391. The summed E-state index contributed by atoms with van der Waals surface area (Å²) < 4.78 is 0.779. The minimum absolute atomic E-state index is 0.00391. The van der Waals surface area contributed by atoms with E-state index in [1.807, 2.05) is 6.92 Å². The van der Waals surface area contributed by atoms with Gasteiger partial charge in [0.15, 0.2) is 0 Å². The van der Waals surface area contributed by atoms with Gasteiger partial charge < -0.3 is 10.6 Å². The first-order valence-corrected chi connectivity index (χ1v) is 6.70. The average molecular weight is 318 g/mol. The lowest BCUT2D eigenvalue weighted by atomic mass is 9.99. The zero-order chi connectivity index (χ0) is 12.5. The third-order valence-electron chi connectivity index (χ3n) is 3.05. The molecule has 1 saturated heterocycles. The number of halogens is 2. The maximum atomic E-state index is 12.1. The second-order valence-electron chi connectivity index (χ2n) is 4.45. The zero-order valence-electron chi connectivity index (χ0n) is 9.52. The van der Waals surface area contributed by atoms with Crippen LogP contribution in [0.15, 0.2) is 22.7 Å². The van der Waals surface area contributed by atoms with E-state index in [9.17, 15) is 4.79 Å². The van der Waals surface area contributed by atoms with E-state index in [1.54, 1.807) is 18.2 Å². The quantitative estimate of drug-likeness (QED) is 0.879. The van der Waals surface area contributed by atoms with Crippen LogP contribution >= 0.6 is 27.5 Å². The Labute approximate surface area is 114 Å². The first-order chi connectivity index (χ1) is 8.01. The highest BCUT2D eigenvalue weighted by molar-refractivity contribution is 9.10. The molecule has 1 unspecified atom stereocenters. The van der Waals surface area contributed by atoms with Gasteiger partial charge in [0.25, 0.3) is 0 Å². The minimum atomic E-state index is -0.452. The lowest BCUT2D eigenvalue weighted by Gasteiger charge is -2.23. The number of benzene rings is 1. The summed E-state index contributed by atoms with van der Waals surface area (Å²) in [6.07, 6.45) is 1.90. The van der Waals surface area contributed by atoms with Gasteiger partial charge in [-0.3, -0.25) is 4.79 Å². The fraction of sp³-hybridized carbons (Fsp3) is 0.417. The van der Waals surface area contributed by atoms with Crippen LogP contribution in [0.25, 0.3) is 0 Å². The van der Waals surface area contributed by atoms with Crippen molar-refractivity contribution in [2.75, 3.05) is 11.9 Å². The van der Waals surface area contributed by atoms with Gasteiger partial charge >= 0.3 is 0 Å². The summed E-state index contributed by atoms with van der Waals surface area (Å²) >= 11 is 9.23. The Kier molecular flexibility index (Phi) is 3.76. The van der Waals surface area contributed by atoms with Gasteiger partial charge in [0, 0.05) is 10.2 Å². The molecule has 2 rings (SSSR count). The maximum Gasteiger partial charge on any atom is 0.244 e. The molecule has 0 saturated carbocycles. The van der Waals surface area contributed by atoms with E-state index in [0.717, 1.165) is 29.5 Å². The van der Waals surface area contributed by atoms with Crippen molar-refractivity contribution in [3.63, 3.8) is 0 Å². The van der Waals surface area contributed by atoms with E-state index >= 15 is 0 Å². The molecule has 1 aliphatic heterocycles. The Morgan fingerprint density at radius 2 is 2.35 bits per heavy atom. The van der Waals surface area contributed by atoms with Gasteiger partial charge in [-0.15, -0.1) is 0 Å². The van der Waals surface area contributed by atoms with E-state index < -0.39 is 5.54 Å². The van der Waals surface area contributed by atoms with Crippen molar-refractivity contribution in [1.82, 2.24) is 5.32 Å². The average Bonchev–Trinajstić information content (AvgIpc) is 2.72. The van der Waals surface area contributed by atoms with Gasteiger partial charge in [0.05, 0.1) is 10.6 Å². The van der Waals surface area contributed by atoms with Crippen LogP contribution in [-0.2, 0) is 4.79 Å². The maximum absolute atomic E-state index is 12.1. The predicted molar refractivity (Wildman–Crippen MR) is 73.4 cm³/mol. The van der Waals surface area contributed by atoms with E-state index in [1.165, 1.54) is 0 Å². The summed E-state index contributed by atoms with van der Waals surface area (Å²) in [5.41, 5.74) is 0.299. The number of nitrogens with one attached hydrogen (secondary N) is 2. The zero-order valence-corrected chi connectivity index (χ0v) is 11.9. The molecular formula is C12H14BrClN2O. The molecule has 1 aliphatic rings. The fourth-order valence-electron chi connectivity index (χ4n) is 1.93. The molecule has 2 N–H and O–H groups in total. The van der Waals surface area contributed by atoms with Crippen LogP contribution in [0.3, 0.4) is 0 Å². The Morgan fingerprint density at radius 3 is 2.94 bits per heavy atom. The van der Waals surface area contributed by atoms with E-state index in [2.05, 4.69) is 26.6 Å². The standard InChI is InChI=1S/C12H14BrClN2O/c1-12(5-2-6-15-12)11(17)16-8-3-4-10(14)9(13)7-8/h3-4,7,15H,2,5-6H2,1H3,(H,16,17). The molecule has 1 aromatic rings. The minimum Gasteiger partial charge on any atom is -0.324 e. The normalized spacial score (nSPS) is 23.7. The van der Waals surface area contributed by atoms with Crippen molar-refractivity contribution in [2.45, 2.75) is 25.3 Å². The van der Waals surface area contributed by atoms with Crippen LogP contribution < -0.4 is 10.6 Å². The Balaban J connectivity index is 2.10. The molecule has 0 bridgehead atoms. The second-order valence-corrected chi connectivity index (χ2v) is 5.71. The summed E-state index contributed by atoms with van der Waals surface area (Å²) in [5, 5.41) is 6.76. The highest BCUT2D eigenvalue weighted by atomic mass is 79.9. The third-order valence-corrected chi connectivity index (χ3v) is 4.26. The molecule has 0 aromatic heterocycles. The van der Waals surface area contributed by atoms with E-state index in [4.69, 9.17) is 11.6 Å². The van der Waals surface area contributed by atoms with Crippen LogP contribution in [0.5, 0.6) is 0 Å². The number of hydrogen-bond donors (Lipinski definition) is 2. The molecule has 1 heterocycles. The molecule has 5 heteroatoms. The van der Waals surface area contributed by atoms with Gasteiger partial charge in [-0.1, -0.05) is 11.6 Å². The number of carbonyl (C=O) groups excluding carboxylic acids is 1. The molecule has 92 valence electrons. The summed E-state index contributed by atoms with van der Waals surface area (Å²) in [4.78, 5) is 12.1. The smallest absolute Gasteiger partial charge is 0.244 e. The first kappa shape index (κ1) is 12.9. The molecule has 0 radical (unpaired) electrons. The van der Waals surface area contributed by atoms with Crippen LogP contribution in [-0.4, -0.2) is 18.0 Å². The number of carbonyl (C=O) groups is 1. The van der Waals surface area contributed by atoms with Crippen LogP contribution in [0, 0.1) is 0 Å². The Bertz CT molecular complexity index is 444. The van der Waals surface area contributed by atoms with Crippen LogP contribution in [0.2, 0.25) is 5.02 Å². The summed E-state index contributed by atoms with van der Waals surface area (Å²) in [7, 11) is 0.